The second kappa shape index (κ2) is 8.65. The summed E-state index contributed by atoms with van der Waals surface area (Å²) in [5, 5.41) is 38.7. The number of aliphatic hydroxyl groups is 4. The standard InChI is InChI=1S/C16H24O9/c1-21-9-4-8(5-10(22-2)15(9)23-3)7-24-16-14(20)13(19)12(18)11(6-17)25-16/h4-5,11-14,16-20H,6-7H2,1-3H3/t11-,12-,13+,14-,16-/m1/s1. The topological polar surface area (TPSA) is 127 Å². The third kappa shape index (κ3) is 4.14. The van der Waals surface area contributed by atoms with E-state index in [1.807, 2.05) is 0 Å². The quantitative estimate of drug-likeness (QED) is 0.485. The second-order valence-corrected chi connectivity index (χ2v) is 5.54. The van der Waals surface area contributed by atoms with Gasteiger partial charge in [-0.1, -0.05) is 0 Å². The third-order valence-electron chi connectivity index (χ3n) is 3.99. The molecule has 0 aromatic heterocycles. The van der Waals surface area contributed by atoms with Gasteiger partial charge in [-0.15, -0.1) is 0 Å². The first kappa shape index (κ1) is 19.7. The molecule has 25 heavy (non-hydrogen) atoms. The van der Waals surface area contributed by atoms with Gasteiger partial charge in [0.05, 0.1) is 34.5 Å². The van der Waals surface area contributed by atoms with Crippen LogP contribution < -0.4 is 14.2 Å². The molecule has 0 bridgehead atoms. The number of benzene rings is 1. The fourth-order valence-corrected chi connectivity index (χ4v) is 2.60. The average molecular weight is 360 g/mol. The Morgan fingerprint density at radius 3 is 2.00 bits per heavy atom. The van der Waals surface area contributed by atoms with Crippen LogP contribution in [0.4, 0.5) is 0 Å². The van der Waals surface area contributed by atoms with Crippen LogP contribution in [-0.2, 0) is 16.1 Å². The minimum atomic E-state index is -1.49. The highest BCUT2D eigenvalue weighted by molar-refractivity contribution is 5.53. The molecule has 9 heteroatoms. The van der Waals surface area contributed by atoms with Crippen LogP contribution in [0.25, 0.3) is 0 Å². The van der Waals surface area contributed by atoms with Crippen LogP contribution in [-0.4, -0.2) is 79.1 Å². The van der Waals surface area contributed by atoms with Crippen molar-refractivity contribution in [3.63, 3.8) is 0 Å². The zero-order chi connectivity index (χ0) is 18.6. The molecule has 0 aliphatic carbocycles. The molecule has 5 atom stereocenters. The Balaban J connectivity index is 2.12. The molecule has 0 amide bonds. The number of methoxy groups -OCH3 is 3. The van der Waals surface area contributed by atoms with Crippen LogP contribution in [0.1, 0.15) is 5.56 Å². The Morgan fingerprint density at radius 2 is 1.52 bits per heavy atom. The van der Waals surface area contributed by atoms with E-state index in [2.05, 4.69) is 0 Å². The summed E-state index contributed by atoms with van der Waals surface area (Å²) in [5.74, 6) is 1.31. The Morgan fingerprint density at radius 1 is 0.920 bits per heavy atom. The van der Waals surface area contributed by atoms with E-state index >= 15 is 0 Å². The van der Waals surface area contributed by atoms with E-state index in [4.69, 9.17) is 23.7 Å². The molecule has 142 valence electrons. The number of hydrogen-bond acceptors (Lipinski definition) is 9. The van der Waals surface area contributed by atoms with Crippen LogP contribution in [0.2, 0.25) is 0 Å². The van der Waals surface area contributed by atoms with Gasteiger partial charge in [0.1, 0.15) is 24.4 Å². The molecule has 1 fully saturated rings. The largest absolute Gasteiger partial charge is 0.493 e. The monoisotopic (exact) mass is 360 g/mol. The molecule has 2 rings (SSSR count). The summed E-state index contributed by atoms with van der Waals surface area (Å²) >= 11 is 0. The molecule has 1 aliphatic heterocycles. The summed E-state index contributed by atoms with van der Waals surface area (Å²) in [6, 6.07) is 3.34. The predicted molar refractivity (Wildman–Crippen MR) is 84.7 cm³/mol. The SMILES string of the molecule is COc1cc(CO[C@@H]2O[C@H](CO)[C@@H](O)[C@H](O)[C@H]2O)cc(OC)c1OC. The molecule has 9 nitrogen and oxygen atoms in total. The minimum absolute atomic E-state index is 0.000591. The van der Waals surface area contributed by atoms with Crippen molar-refractivity contribution >= 4 is 0 Å². The summed E-state index contributed by atoms with van der Waals surface area (Å²) in [6.45, 7) is -0.519. The van der Waals surface area contributed by atoms with Gasteiger partial charge in [-0.2, -0.15) is 0 Å². The molecule has 1 saturated heterocycles. The van der Waals surface area contributed by atoms with Crippen molar-refractivity contribution < 1.29 is 44.1 Å². The van der Waals surface area contributed by atoms with Crippen LogP contribution in [0.5, 0.6) is 17.2 Å². The number of hydrogen-bond donors (Lipinski definition) is 4. The molecule has 0 radical (unpaired) electrons. The van der Waals surface area contributed by atoms with E-state index in [9.17, 15) is 20.4 Å². The summed E-state index contributed by atoms with van der Waals surface area (Å²) in [7, 11) is 4.46. The summed E-state index contributed by atoms with van der Waals surface area (Å²) < 4.78 is 26.5. The maximum atomic E-state index is 9.97. The Kier molecular flexibility index (Phi) is 6.82. The van der Waals surface area contributed by atoms with Crippen LogP contribution >= 0.6 is 0 Å². The smallest absolute Gasteiger partial charge is 0.203 e. The van der Waals surface area contributed by atoms with Crippen LogP contribution in [0.15, 0.2) is 12.1 Å². The van der Waals surface area contributed by atoms with Gasteiger partial charge >= 0.3 is 0 Å². The van der Waals surface area contributed by atoms with Gasteiger partial charge in [-0.25, -0.2) is 0 Å². The molecule has 0 unspecified atom stereocenters. The van der Waals surface area contributed by atoms with Crippen molar-refractivity contribution in [1.29, 1.82) is 0 Å². The molecule has 1 aromatic rings. The summed E-state index contributed by atoms with van der Waals surface area (Å²) in [5.41, 5.74) is 0.645. The molecular formula is C16H24O9. The number of aliphatic hydroxyl groups excluding tert-OH is 4. The zero-order valence-electron chi connectivity index (χ0n) is 14.3. The minimum Gasteiger partial charge on any atom is -0.493 e. The Labute approximate surface area is 145 Å². The molecule has 1 aromatic carbocycles. The molecule has 0 saturated carbocycles. The van der Waals surface area contributed by atoms with E-state index in [-0.39, 0.29) is 6.61 Å². The van der Waals surface area contributed by atoms with Gasteiger partial charge < -0.3 is 44.1 Å². The maximum Gasteiger partial charge on any atom is 0.203 e. The molecular weight excluding hydrogens is 336 g/mol. The first-order valence-corrected chi connectivity index (χ1v) is 7.67. The van der Waals surface area contributed by atoms with Gasteiger partial charge in [0.25, 0.3) is 0 Å². The van der Waals surface area contributed by atoms with E-state index in [1.54, 1.807) is 12.1 Å². The molecule has 4 N–H and O–H groups in total. The highest BCUT2D eigenvalue weighted by atomic mass is 16.7. The average Bonchev–Trinajstić information content (AvgIpc) is 2.64. The lowest BCUT2D eigenvalue weighted by atomic mass is 9.99. The molecule has 1 aliphatic rings. The first-order chi connectivity index (χ1) is 12.0. The van der Waals surface area contributed by atoms with Gasteiger partial charge in [-0.3, -0.25) is 0 Å². The summed E-state index contributed by atoms with van der Waals surface area (Å²) in [4.78, 5) is 0. The van der Waals surface area contributed by atoms with E-state index in [0.717, 1.165) is 0 Å². The Hall–Kier alpha value is -1.62. The predicted octanol–water partition coefficient (Wildman–Crippen LogP) is -0.971. The van der Waals surface area contributed by atoms with Crippen molar-refractivity contribution in [3.05, 3.63) is 17.7 Å². The molecule has 0 spiro atoms. The van der Waals surface area contributed by atoms with Crippen molar-refractivity contribution in [2.45, 2.75) is 37.3 Å². The fourth-order valence-electron chi connectivity index (χ4n) is 2.60. The zero-order valence-corrected chi connectivity index (χ0v) is 14.3. The number of ether oxygens (including phenoxy) is 5. The number of rotatable bonds is 7. The van der Waals surface area contributed by atoms with E-state index < -0.39 is 37.3 Å². The lowest BCUT2D eigenvalue weighted by Crippen LogP contribution is -2.59. The van der Waals surface area contributed by atoms with Gasteiger partial charge in [0.15, 0.2) is 17.8 Å². The lowest BCUT2D eigenvalue weighted by molar-refractivity contribution is -0.304. The van der Waals surface area contributed by atoms with Crippen LogP contribution in [0.3, 0.4) is 0 Å². The van der Waals surface area contributed by atoms with Crippen LogP contribution in [0, 0.1) is 0 Å². The van der Waals surface area contributed by atoms with E-state index in [0.29, 0.717) is 22.8 Å². The van der Waals surface area contributed by atoms with Gasteiger partial charge in [0, 0.05) is 0 Å². The van der Waals surface area contributed by atoms with Crippen molar-refractivity contribution in [2.24, 2.45) is 0 Å². The maximum absolute atomic E-state index is 9.97. The lowest BCUT2D eigenvalue weighted by Gasteiger charge is -2.39. The van der Waals surface area contributed by atoms with Crippen molar-refractivity contribution in [1.82, 2.24) is 0 Å². The van der Waals surface area contributed by atoms with Crippen molar-refractivity contribution in [3.8, 4) is 17.2 Å². The van der Waals surface area contributed by atoms with Gasteiger partial charge in [0.2, 0.25) is 5.75 Å². The summed E-state index contributed by atoms with van der Waals surface area (Å²) in [6.07, 6.45) is -6.62. The highest BCUT2D eigenvalue weighted by Crippen LogP contribution is 2.38. The second-order valence-electron chi connectivity index (χ2n) is 5.54. The third-order valence-corrected chi connectivity index (χ3v) is 3.99. The molecule has 1 heterocycles. The first-order valence-electron chi connectivity index (χ1n) is 7.67. The Bertz CT molecular complexity index is 538. The highest BCUT2D eigenvalue weighted by Gasteiger charge is 2.44. The fraction of sp³-hybridized carbons (Fsp3) is 0.625. The van der Waals surface area contributed by atoms with Crippen molar-refractivity contribution in [2.75, 3.05) is 27.9 Å². The van der Waals surface area contributed by atoms with E-state index in [1.165, 1.54) is 21.3 Å². The normalized spacial score (nSPS) is 29.3. The van der Waals surface area contributed by atoms with Gasteiger partial charge in [-0.05, 0) is 17.7 Å².